The molecule has 16 heavy (non-hydrogen) atoms. The maximum atomic E-state index is 8.77. The van der Waals surface area contributed by atoms with E-state index in [1.807, 2.05) is 18.2 Å². The molecule has 0 fully saturated rings. The topological polar surface area (TPSA) is 49.6 Å². The Morgan fingerprint density at radius 2 is 2.25 bits per heavy atom. The van der Waals surface area contributed by atoms with Crippen LogP contribution < -0.4 is 0 Å². The zero-order valence-corrected chi connectivity index (χ0v) is 9.31. The lowest BCUT2D eigenvalue weighted by atomic mass is 10.2. The van der Waals surface area contributed by atoms with Gasteiger partial charge in [0.05, 0.1) is 17.8 Å². The molecule has 0 radical (unpaired) electrons. The Hall–Kier alpha value is -1.86. The molecule has 0 aliphatic heterocycles. The highest BCUT2D eigenvalue weighted by molar-refractivity contribution is 7.98. The second-order valence-corrected chi connectivity index (χ2v) is 4.14. The molecule has 2 aromatic rings. The van der Waals surface area contributed by atoms with Crippen LogP contribution in [0.4, 0.5) is 0 Å². The van der Waals surface area contributed by atoms with Crippen LogP contribution >= 0.6 is 11.8 Å². The third-order valence-corrected chi connectivity index (χ3v) is 2.97. The summed E-state index contributed by atoms with van der Waals surface area (Å²) in [7, 11) is 0. The summed E-state index contributed by atoms with van der Waals surface area (Å²) in [4.78, 5) is 8.17. The summed E-state index contributed by atoms with van der Waals surface area (Å²) >= 11 is 1.61. The number of hydrogen-bond acceptors (Lipinski definition) is 4. The van der Waals surface area contributed by atoms with Gasteiger partial charge in [0.15, 0.2) is 0 Å². The third kappa shape index (κ3) is 2.81. The first-order valence-corrected chi connectivity index (χ1v) is 5.75. The highest BCUT2D eigenvalue weighted by atomic mass is 32.2. The fraction of sp³-hybridized carbons (Fsp3) is 0.0833. The minimum Gasteiger partial charge on any atom is -0.260 e. The Kier molecular flexibility index (Phi) is 3.52. The predicted octanol–water partition coefficient (Wildman–Crippen LogP) is 2.64. The summed E-state index contributed by atoms with van der Waals surface area (Å²) < 4.78 is 0. The molecule has 3 nitrogen and oxygen atoms in total. The average Bonchev–Trinajstić information content (AvgIpc) is 2.38. The second kappa shape index (κ2) is 5.29. The van der Waals surface area contributed by atoms with Crippen molar-refractivity contribution in [2.75, 3.05) is 0 Å². The number of rotatable bonds is 3. The minimum absolute atomic E-state index is 0.692. The molecular weight excluding hydrogens is 218 g/mol. The summed E-state index contributed by atoms with van der Waals surface area (Å²) in [5, 5.41) is 9.66. The molecule has 1 aromatic carbocycles. The number of hydrogen-bond donors (Lipinski definition) is 0. The predicted molar refractivity (Wildman–Crippen MR) is 62.8 cm³/mol. The normalized spacial score (nSPS) is 9.69. The quantitative estimate of drug-likeness (QED) is 0.756. The van der Waals surface area contributed by atoms with Crippen LogP contribution in [-0.4, -0.2) is 9.97 Å². The zero-order chi connectivity index (χ0) is 11.2. The summed E-state index contributed by atoms with van der Waals surface area (Å²) in [6, 6.07) is 9.72. The van der Waals surface area contributed by atoms with Gasteiger partial charge in [-0.25, -0.2) is 4.98 Å². The Labute approximate surface area is 98.2 Å². The smallest absolute Gasteiger partial charge is 0.115 e. The van der Waals surface area contributed by atoms with Crippen LogP contribution in [0.5, 0.6) is 0 Å². The molecule has 0 spiro atoms. The van der Waals surface area contributed by atoms with Crippen LogP contribution in [0.1, 0.15) is 11.1 Å². The molecule has 0 saturated carbocycles. The summed E-state index contributed by atoms with van der Waals surface area (Å²) in [5.41, 5.74) is 1.81. The standard InChI is InChI=1S/C12H9N3S/c13-7-10-2-1-3-11(6-10)9-16-12-8-14-4-5-15-12/h1-6,8H,9H2. The third-order valence-electron chi connectivity index (χ3n) is 1.98. The molecule has 0 bridgehead atoms. The van der Waals surface area contributed by atoms with E-state index in [4.69, 9.17) is 5.26 Å². The van der Waals surface area contributed by atoms with Crippen molar-refractivity contribution in [1.29, 1.82) is 5.26 Å². The fourth-order valence-electron chi connectivity index (χ4n) is 1.25. The highest BCUT2D eigenvalue weighted by Gasteiger charge is 1.98. The van der Waals surface area contributed by atoms with Crippen molar-refractivity contribution in [3.63, 3.8) is 0 Å². The van der Waals surface area contributed by atoms with Crippen molar-refractivity contribution in [2.45, 2.75) is 10.8 Å². The molecule has 0 amide bonds. The fourth-order valence-corrected chi connectivity index (χ4v) is 2.01. The number of benzene rings is 1. The van der Waals surface area contributed by atoms with E-state index in [0.29, 0.717) is 5.56 Å². The van der Waals surface area contributed by atoms with Gasteiger partial charge in [0.2, 0.25) is 0 Å². The van der Waals surface area contributed by atoms with Crippen molar-refractivity contribution in [3.05, 3.63) is 54.0 Å². The molecule has 2 rings (SSSR count). The highest BCUT2D eigenvalue weighted by Crippen LogP contribution is 2.19. The molecule has 0 aliphatic carbocycles. The van der Waals surface area contributed by atoms with Crippen molar-refractivity contribution < 1.29 is 0 Å². The monoisotopic (exact) mass is 227 g/mol. The van der Waals surface area contributed by atoms with Crippen LogP contribution in [0.25, 0.3) is 0 Å². The van der Waals surface area contributed by atoms with Crippen LogP contribution in [-0.2, 0) is 5.75 Å². The summed E-state index contributed by atoms with van der Waals surface area (Å²) in [6.45, 7) is 0. The molecule has 0 saturated heterocycles. The van der Waals surface area contributed by atoms with E-state index in [9.17, 15) is 0 Å². The van der Waals surface area contributed by atoms with Crippen LogP contribution in [0.2, 0.25) is 0 Å². The van der Waals surface area contributed by atoms with Gasteiger partial charge >= 0.3 is 0 Å². The van der Waals surface area contributed by atoms with Gasteiger partial charge < -0.3 is 0 Å². The summed E-state index contributed by atoms with van der Waals surface area (Å²) in [5.74, 6) is 0.800. The molecule has 4 heteroatoms. The first-order valence-electron chi connectivity index (χ1n) is 4.76. The number of thioether (sulfide) groups is 1. The second-order valence-electron chi connectivity index (χ2n) is 3.14. The van der Waals surface area contributed by atoms with Crippen molar-refractivity contribution in [2.24, 2.45) is 0 Å². The van der Waals surface area contributed by atoms with E-state index in [1.165, 1.54) is 0 Å². The first kappa shape index (κ1) is 10.7. The van der Waals surface area contributed by atoms with Crippen molar-refractivity contribution in [1.82, 2.24) is 9.97 Å². The average molecular weight is 227 g/mol. The lowest BCUT2D eigenvalue weighted by Crippen LogP contribution is -1.85. The lowest BCUT2D eigenvalue weighted by molar-refractivity contribution is 1.05. The number of nitriles is 1. The van der Waals surface area contributed by atoms with Gasteiger partial charge in [-0.1, -0.05) is 12.1 Å². The molecule has 78 valence electrons. The summed E-state index contributed by atoms with van der Waals surface area (Å²) in [6.07, 6.45) is 5.06. The van der Waals surface area contributed by atoms with E-state index >= 15 is 0 Å². The van der Waals surface area contributed by atoms with Crippen molar-refractivity contribution in [3.8, 4) is 6.07 Å². The van der Waals surface area contributed by atoms with Crippen LogP contribution in [0.15, 0.2) is 47.9 Å². The number of nitrogens with zero attached hydrogens (tertiary/aromatic N) is 3. The van der Waals surface area contributed by atoms with E-state index in [2.05, 4.69) is 16.0 Å². The Bertz CT molecular complexity index is 505. The Morgan fingerprint density at radius 1 is 1.31 bits per heavy atom. The zero-order valence-electron chi connectivity index (χ0n) is 8.50. The van der Waals surface area contributed by atoms with Gasteiger partial charge in [-0.3, -0.25) is 4.98 Å². The molecular formula is C12H9N3S. The Balaban J connectivity index is 2.03. The van der Waals surface area contributed by atoms with Crippen LogP contribution in [0.3, 0.4) is 0 Å². The maximum absolute atomic E-state index is 8.77. The van der Waals surface area contributed by atoms with Gasteiger partial charge in [-0.05, 0) is 17.7 Å². The maximum Gasteiger partial charge on any atom is 0.115 e. The van der Waals surface area contributed by atoms with E-state index < -0.39 is 0 Å². The minimum atomic E-state index is 0.692. The molecule has 0 N–H and O–H groups in total. The largest absolute Gasteiger partial charge is 0.260 e. The van der Waals surface area contributed by atoms with E-state index in [-0.39, 0.29) is 0 Å². The van der Waals surface area contributed by atoms with Gasteiger partial charge in [-0.2, -0.15) is 5.26 Å². The van der Waals surface area contributed by atoms with Gasteiger partial charge in [0.1, 0.15) is 5.03 Å². The molecule has 1 aromatic heterocycles. The van der Waals surface area contributed by atoms with E-state index in [0.717, 1.165) is 16.3 Å². The van der Waals surface area contributed by atoms with Gasteiger partial charge in [0, 0.05) is 18.1 Å². The Morgan fingerprint density at radius 3 is 3.00 bits per heavy atom. The SMILES string of the molecule is N#Cc1cccc(CSc2cnccn2)c1. The molecule has 0 unspecified atom stereocenters. The van der Waals surface area contributed by atoms with Crippen molar-refractivity contribution >= 4 is 11.8 Å². The lowest BCUT2D eigenvalue weighted by Gasteiger charge is -2.00. The van der Waals surface area contributed by atoms with Gasteiger partial charge in [0.25, 0.3) is 0 Å². The molecule has 0 aliphatic rings. The number of aromatic nitrogens is 2. The molecule has 1 heterocycles. The van der Waals surface area contributed by atoms with Crippen LogP contribution in [0, 0.1) is 11.3 Å². The van der Waals surface area contributed by atoms with E-state index in [1.54, 1.807) is 36.4 Å². The molecule has 0 atom stereocenters. The van der Waals surface area contributed by atoms with Gasteiger partial charge in [-0.15, -0.1) is 11.8 Å². The first-order chi connectivity index (χ1) is 7.88.